The quantitative estimate of drug-likeness (QED) is 0.445. The first kappa shape index (κ1) is 10.5. The van der Waals surface area contributed by atoms with E-state index in [1.54, 1.807) is 0 Å². The highest BCUT2D eigenvalue weighted by molar-refractivity contribution is 6.47. The van der Waals surface area contributed by atoms with Gasteiger partial charge >= 0.3 is 0 Å². The summed E-state index contributed by atoms with van der Waals surface area (Å²) in [5, 5.41) is 17.9. The van der Waals surface area contributed by atoms with Gasteiger partial charge < -0.3 is 10.2 Å². The van der Waals surface area contributed by atoms with Crippen LogP contribution < -0.4 is 0 Å². The second-order valence-electron chi connectivity index (χ2n) is 2.68. The number of Topliss-reactive ketones (excluding diaryl/α,β-unsaturated/α-hetero) is 2. The molecule has 1 aromatic rings. The molecule has 1 aromatic carbocycles. The van der Waals surface area contributed by atoms with E-state index < -0.39 is 23.1 Å². The maximum Gasteiger partial charge on any atom is 0.229 e. The Morgan fingerprint density at radius 2 is 1.86 bits per heavy atom. The van der Waals surface area contributed by atoms with Crippen LogP contribution in [0.5, 0.6) is 11.5 Å². The van der Waals surface area contributed by atoms with Gasteiger partial charge in [0.25, 0.3) is 0 Å². The van der Waals surface area contributed by atoms with Crippen molar-refractivity contribution in [3.8, 4) is 11.5 Å². The van der Waals surface area contributed by atoms with Gasteiger partial charge in [0.15, 0.2) is 17.3 Å². The van der Waals surface area contributed by atoms with Crippen molar-refractivity contribution in [2.45, 2.75) is 6.92 Å². The van der Waals surface area contributed by atoms with Crippen molar-refractivity contribution < 1.29 is 19.8 Å². The largest absolute Gasteiger partial charge is 0.504 e. The lowest BCUT2D eigenvalue weighted by molar-refractivity contribution is -0.113. The second-order valence-corrected chi connectivity index (χ2v) is 3.06. The van der Waals surface area contributed by atoms with Gasteiger partial charge in [0.05, 0.1) is 5.02 Å². The molecule has 0 aromatic heterocycles. The molecular formula is C9H7ClO4. The number of carbonyl (C=O) groups is 2. The minimum absolute atomic E-state index is 0.116. The first-order chi connectivity index (χ1) is 6.45. The highest BCUT2D eigenvalue weighted by atomic mass is 35.5. The lowest BCUT2D eigenvalue weighted by Gasteiger charge is -2.04. The summed E-state index contributed by atoms with van der Waals surface area (Å²) in [6.45, 7) is 1.10. The van der Waals surface area contributed by atoms with Crippen molar-refractivity contribution in [3.63, 3.8) is 0 Å². The molecule has 0 aliphatic heterocycles. The van der Waals surface area contributed by atoms with Gasteiger partial charge in [0.2, 0.25) is 5.78 Å². The Balaban J connectivity index is 3.31. The van der Waals surface area contributed by atoms with Gasteiger partial charge in [-0.1, -0.05) is 11.6 Å². The SMILES string of the molecule is CC(=O)C(=O)c1ccc(O)c(O)c1Cl. The van der Waals surface area contributed by atoms with E-state index in [4.69, 9.17) is 16.7 Å². The van der Waals surface area contributed by atoms with E-state index in [1.165, 1.54) is 6.07 Å². The first-order valence-electron chi connectivity index (χ1n) is 3.71. The number of rotatable bonds is 2. The normalized spacial score (nSPS) is 9.86. The Labute approximate surface area is 84.7 Å². The van der Waals surface area contributed by atoms with Gasteiger partial charge in [-0.3, -0.25) is 9.59 Å². The monoisotopic (exact) mass is 214 g/mol. The summed E-state index contributed by atoms with van der Waals surface area (Å²) in [6.07, 6.45) is 0. The number of aromatic hydroxyl groups is 2. The molecule has 0 saturated carbocycles. The van der Waals surface area contributed by atoms with E-state index >= 15 is 0 Å². The molecule has 0 unspecified atom stereocenters. The lowest BCUT2D eigenvalue weighted by Crippen LogP contribution is -2.10. The fourth-order valence-corrected chi connectivity index (χ4v) is 1.17. The van der Waals surface area contributed by atoms with Crippen LogP contribution in [-0.2, 0) is 4.79 Å². The maximum absolute atomic E-state index is 11.2. The summed E-state index contributed by atoms with van der Waals surface area (Å²) in [6, 6.07) is 2.28. The Morgan fingerprint density at radius 3 is 2.36 bits per heavy atom. The summed E-state index contributed by atoms with van der Waals surface area (Å²) in [7, 11) is 0. The molecule has 0 atom stereocenters. The number of hydrogen-bond donors (Lipinski definition) is 2. The number of phenols is 2. The number of phenolic OH excluding ortho intramolecular Hbond substituents is 2. The van der Waals surface area contributed by atoms with E-state index in [-0.39, 0.29) is 10.6 Å². The van der Waals surface area contributed by atoms with E-state index in [2.05, 4.69) is 0 Å². The van der Waals surface area contributed by atoms with Crippen molar-refractivity contribution in [3.05, 3.63) is 22.7 Å². The van der Waals surface area contributed by atoms with E-state index in [1.807, 2.05) is 0 Å². The molecule has 0 amide bonds. The van der Waals surface area contributed by atoms with Gasteiger partial charge in [-0.05, 0) is 12.1 Å². The number of halogens is 1. The summed E-state index contributed by atoms with van der Waals surface area (Å²) in [5.74, 6) is -2.52. The molecule has 0 heterocycles. The molecule has 0 saturated heterocycles. The number of ketones is 2. The van der Waals surface area contributed by atoms with Gasteiger partial charge in [0.1, 0.15) is 0 Å². The van der Waals surface area contributed by atoms with Crippen LogP contribution in [0.15, 0.2) is 12.1 Å². The highest BCUT2D eigenvalue weighted by Gasteiger charge is 2.18. The number of carbonyl (C=O) groups excluding carboxylic acids is 2. The van der Waals surface area contributed by atoms with E-state index in [0.29, 0.717) is 0 Å². The Kier molecular flexibility index (Phi) is 2.76. The molecule has 4 nitrogen and oxygen atoms in total. The van der Waals surface area contributed by atoms with E-state index in [9.17, 15) is 14.7 Å². The van der Waals surface area contributed by atoms with E-state index in [0.717, 1.165) is 13.0 Å². The zero-order valence-electron chi connectivity index (χ0n) is 7.24. The van der Waals surface area contributed by atoms with Gasteiger partial charge in [-0.2, -0.15) is 0 Å². The maximum atomic E-state index is 11.2. The third-order valence-corrected chi connectivity index (χ3v) is 2.04. The van der Waals surface area contributed by atoms with Crippen LogP contribution in [-0.4, -0.2) is 21.8 Å². The molecule has 0 bridgehead atoms. The third-order valence-electron chi connectivity index (χ3n) is 1.66. The van der Waals surface area contributed by atoms with Crippen LogP contribution in [0, 0.1) is 0 Å². The van der Waals surface area contributed by atoms with Crippen molar-refractivity contribution in [1.82, 2.24) is 0 Å². The van der Waals surface area contributed by atoms with Crippen LogP contribution in [0.2, 0.25) is 5.02 Å². The zero-order chi connectivity index (χ0) is 10.9. The summed E-state index contributed by atoms with van der Waals surface area (Å²) in [4.78, 5) is 21.9. The molecule has 1 rings (SSSR count). The minimum atomic E-state index is -0.801. The minimum Gasteiger partial charge on any atom is -0.504 e. The fraction of sp³-hybridized carbons (Fsp3) is 0.111. The number of benzene rings is 1. The average Bonchev–Trinajstić information content (AvgIpc) is 2.13. The predicted octanol–water partition coefficient (Wildman–Crippen LogP) is 1.52. The third kappa shape index (κ3) is 1.70. The predicted molar refractivity (Wildman–Crippen MR) is 49.8 cm³/mol. The molecule has 2 N–H and O–H groups in total. The van der Waals surface area contributed by atoms with Crippen LogP contribution in [0.3, 0.4) is 0 Å². The average molecular weight is 215 g/mol. The summed E-state index contributed by atoms with van der Waals surface area (Å²) >= 11 is 5.55. The van der Waals surface area contributed by atoms with Crippen LogP contribution in [0.4, 0.5) is 0 Å². The molecule has 0 aliphatic rings. The van der Waals surface area contributed by atoms with Crippen molar-refractivity contribution >= 4 is 23.2 Å². The lowest BCUT2D eigenvalue weighted by atomic mass is 10.1. The number of hydrogen-bond acceptors (Lipinski definition) is 4. The molecule has 14 heavy (non-hydrogen) atoms. The summed E-state index contributed by atoms with van der Waals surface area (Å²) in [5.41, 5.74) is -0.116. The fourth-order valence-electron chi connectivity index (χ4n) is 0.919. The van der Waals surface area contributed by atoms with Gasteiger partial charge in [-0.15, -0.1) is 0 Å². The van der Waals surface area contributed by atoms with Crippen molar-refractivity contribution in [1.29, 1.82) is 0 Å². The van der Waals surface area contributed by atoms with Gasteiger partial charge in [0, 0.05) is 12.5 Å². The molecule has 0 radical (unpaired) electrons. The van der Waals surface area contributed by atoms with Gasteiger partial charge in [-0.25, -0.2) is 0 Å². The van der Waals surface area contributed by atoms with Crippen LogP contribution >= 0.6 is 11.6 Å². The van der Waals surface area contributed by atoms with Crippen LogP contribution in [0.1, 0.15) is 17.3 Å². The molecule has 74 valence electrons. The Bertz CT molecular complexity index is 412. The highest BCUT2D eigenvalue weighted by Crippen LogP contribution is 2.35. The molecule has 5 heteroatoms. The molecule has 0 fully saturated rings. The smallest absolute Gasteiger partial charge is 0.229 e. The molecule has 0 aliphatic carbocycles. The molecule has 0 spiro atoms. The Hall–Kier alpha value is -1.55. The topological polar surface area (TPSA) is 74.6 Å². The zero-order valence-corrected chi connectivity index (χ0v) is 8.00. The first-order valence-corrected chi connectivity index (χ1v) is 4.08. The Morgan fingerprint density at radius 1 is 1.29 bits per heavy atom. The van der Waals surface area contributed by atoms with Crippen LogP contribution in [0.25, 0.3) is 0 Å². The second kappa shape index (κ2) is 3.67. The molecular weight excluding hydrogens is 208 g/mol. The standard InChI is InChI=1S/C9H7ClO4/c1-4(11)8(13)5-2-3-6(12)9(14)7(5)10/h2-3,12,14H,1H3. The van der Waals surface area contributed by atoms with Crippen molar-refractivity contribution in [2.75, 3.05) is 0 Å². The van der Waals surface area contributed by atoms with Crippen molar-refractivity contribution in [2.24, 2.45) is 0 Å². The summed E-state index contributed by atoms with van der Waals surface area (Å²) < 4.78 is 0.